The van der Waals surface area contributed by atoms with Crippen LogP contribution >= 0.6 is 11.3 Å². The maximum absolute atomic E-state index is 2.47. The third kappa shape index (κ3) is 5.33. The van der Waals surface area contributed by atoms with E-state index in [0.29, 0.717) is 0 Å². The Morgan fingerprint density at radius 1 is 0.308 bits per heavy atom. The van der Waals surface area contributed by atoms with Crippen molar-refractivity contribution in [3.63, 3.8) is 0 Å². The van der Waals surface area contributed by atoms with Crippen molar-refractivity contribution in [1.82, 2.24) is 0 Å². The van der Waals surface area contributed by atoms with Gasteiger partial charge in [-0.05, 0) is 92.0 Å². The highest BCUT2D eigenvalue weighted by Gasteiger charge is 2.22. The van der Waals surface area contributed by atoms with Gasteiger partial charge in [-0.15, -0.1) is 11.3 Å². The predicted molar refractivity (Wildman–Crippen MR) is 225 cm³/mol. The maximum Gasteiger partial charge on any atom is 0.0633 e. The second kappa shape index (κ2) is 12.7. The number of nitrogens with zero attached hydrogens (tertiary/aromatic N) is 1. The van der Waals surface area contributed by atoms with Gasteiger partial charge >= 0.3 is 0 Å². The fourth-order valence-electron chi connectivity index (χ4n) is 7.63. The fraction of sp³-hybridized carbons (Fsp3) is 0. The first-order chi connectivity index (χ1) is 25.8. The summed E-state index contributed by atoms with van der Waals surface area (Å²) in [6.07, 6.45) is 0. The van der Waals surface area contributed by atoms with Crippen molar-refractivity contribution < 1.29 is 0 Å². The van der Waals surface area contributed by atoms with Gasteiger partial charge in [-0.2, -0.15) is 0 Å². The van der Waals surface area contributed by atoms with Crippen LogP contribution in [-0.2, 0) is 0 Å². The molecule has 10 rings (SSSR count). The third-order valence-corrected chi connectivity index (χ3v) is 11.3. The van der Waals surface area contributed by atoms with Crippen LogP contribution in [0.15, 0.2) is 200 Å². The molecule has 0 fully saturated rings. The van der Waals surface area contributed by atoms with Gasteiger partial charge in [0.2, 0.25) is 0 Å². The van der Waals surface area contributed by atoms with Gasteiger partial charge in [-0.25, -0.2) is 0 Å². The van der Waals surface area contributed by atoms with E-state index in [-0.39, 0.29) is 0 Å². The van der Waals surface area contributed by atoms with Crippen LogP contribution < -0.4 is 4.90 Å². The topological polar surface area (TPSA) is 3.24 Å². The highest BCUT2D eigenvalue weighted by atomic mass is 32.1. The standard InChI is InChI=1S/C50H33NS/c1-3-11-34(12-4-1)37-21-26-43(27-22-37)51(44-28-23-38(24-29-44)35-13-5-2-6-14-35)50-45-18-10-9-17-42(45)33-48-49(50)46-30-25-41(32-47(46)52-48)40-20-19-36-15-7-8-16-39(36)31-40/h1-33H. The summed E-state index contributed by atoms with van der Waals surface area (Å²) in [5, 5.41) is 7.54. The Bertz CT molecular complexity index is 2790. The molecule has 10 aromatic rings. The Labute approximate surface area is 307 Å². The average molecular weight is 680 g/mol. The van der Waals surface area contributed by atoms with Gasteiger partial charge in [0, 0.05) is 36.9 Å². The predicted octanol–water partition coefficient (Wildman–Crippen LogP) is 14.8. The zero-order chi connectivity index (χ0) is 34.4. The van der Waals surface area contributed by atoms with Crippen molar-refractivity contribution in [3.8, 4) is 33.4 Å². The second-order valence-electron chi connectivity index (χ2n) is 13.4. The number of hydrogen-bond donors (Lipinski definition) is 0. The lowest BCUT2D eigenvalue weighted by Crippen LogP contribution is -2.11. The second-order valence-corrected chi connectivity index (χ2v) is 14.4. The first-order valence-corrected chi connectivity index (χ1v) is 18.6. The Morgan fingerprint density at radius 3 is 1.46 bits per heavy atom. The quantitative estimate of drug-likeness (QED) is 0.169. The van der Waals surface area contributed by atoms with Crippen LogP contribution in [0.25, 0.3) is 75.1 Å². The van der Waals surface area contributed by atoms with E-state index in [2.05, 4.69) is 205 Å². The van der Waals surface area contributed by atoms with Crippen molar-refractivity contribution in [3.05, 3.63) is 200 Å². The Hall–Kier alpha value is -6.48. The normalized spacial score (nSPS) is 11.5. The molecule has 0 N–H and O–H groups in total. The minimum Gasteiger partial charge on any atom is -0.309 e. The van der Waals surface area contributed by atoms with E-state index in [9.17, 15) is 0 Å². The van der Waals surface area contributed by atoms with Crippen molar-refractivity contribution >= 4 is 70.1 Å². The highest BCUT2D eigenvalue weighted by Crippen LogP contribution is 2.49. The molecule has 0 bridgehead atoms. The molecule has 0 atom stereocenters. The van der Waals surface area contributed by atoms with Crippen LogP contribution in [-0.4, -0.2) is 0 Å². The molecule has 1 nitrogen and oxygen atoms in total. The maximum atomic E-state index is 2.47. The summed E-state index contributed by atoms with van der Waals surface area (Å²) in [5.41, 5.74) is 10.8. The fourth-order valence-corrected chi connectivity index (χ4v) is 8.83. The molecule has 244 valence electrons. The molecule has 1 aromatic heterocycles. The van der Waals surface area contributed by atoms with E-state index < -0.39 is 0 Å². The Kier molecular flexibility index (Phi) is 7.41. The first-order valence-electron chi connectivity index (χ1n) is 17.8. The SMILES string of the molecule is c1ccc(-c2ccc(N(c3ccc(-c4ccccc4)cc3)c3c4ccccc4cc4sc5cc(-c6ccc7ccccc7c6)ccc5c34)cc2)cc1. The summed E-state index contributed by atoms with van der Waals surface area (Å²) in [5.74, 6) is 0. The molecule has 9 aromatic carbocycles. The van der Waals surface area contributed by atoms with Crippen molar-refractivity contribution in [1.29, 1.82) is 0 Å². The third-order valence-electron chi connectivity index (χ3n) is 10.2. The van der Waals surface area contributed by atoms with E-state index in [4.69, 9.17) is 0 Å². The zero-order valence-corrected chi connectivity index (χ0v) is 29.2. The summed E-state index contributed by atoms with van der Waals surface area (Å²) in [6, 6.07) is 72.9. The molecule has 1 heterocycles. The van der Waals surface area contributed by atoms with Crippen LogP contribution in [0.3, 0.4) is 0 Å². The monoisotopic (exact) mass is 679 g/mol. The number of thiophene rings is 1. The molecule has 0 radical (unpaired) electrons. The lowest BCUT2D eigenvalue weighted by molar-refractivity contribution is 1.31. The van der Waals surface area contributed by atoms with E-state index in [1.165, 1.54) is 80.8 Å². The van der Waals surface area contributed by atoms with Gasteiger partial charge in [0.05, 0.1) is 5.69 Å². The summed E-state index contributed by atoms with van der Waals surface area (Å²) in [4.78, 5) is 2.47. The highest BCUT2D eigenvalue weighted by molar-refractivity contribution is 7.26. The van der Waals surface area contributed by atoms with Crippen LogP contribution in [0.4, 0.5) is 17.1 Å². The molecule has 2 heteroatoms. The average Bonchev–Trinajstić information content (AvgIpc) is 3.59. The lowest BCUT2D eigenvalue weighted by Gasteiger charge is -2.28. The minimum absolute atomic E-state index is 1.12. The zero-order valence-electron chi connectivity index (χ0n) is 28.4. The van der Waals surface area contributed by atoms with E-state index in [1.807, 2.05) is 11.3 Å². The van der Waals surface area contributed by atoms with E-state index >= 15 is 0 Å². The number of rotatable bonds is 6. The molecule has 52 heavy (non-hydrogen) atoms. The van der Waals surface area contributed by atoms with Crippen LogP contribution in [0.1, 0.15) is 0 Å². The summed E-state index contributed by atoms with van der Waals surface area (Å²) < 4.78 is 2.57. The molecule has 0 unspecified atom stereocenters. The van der Waals surface area contributed by atoms with Crippen LogP contribution in [0, 0.1) is 0 Å². The molecule has 0 aliphatic carbocycles. The molecular formula is C50H33NS. The van der Waals surface area contributed by atoms with Gasteiger partial charge in [-0.3, -0.25) is 0 Å². The van der Waals surface area contributed by atoms with Gasteiger partial charge in [0.1, 0.15) is 0 Å². The van der Waals surface area contributed by atoms with Crippen molar-refractivity contribution in [2.24, 2.45) is 0 Å². The molecular weight excluding hydrogens is 647 g/mol. The van der Waals surface area contributed by atoms with Gasteiger partial charge in [0.15, 0.2) is 0 Å². The number of anilines is 3. The summed E-state index contributed by atoms with van der Waals surface area (Å²) >= 11 is 1.88. The molecule has 0 amide bonds. The van der Waals surface area contributed by atoms with Gasteiger partial charge in [0.25, 0.3) is 0 Å². The van der Waals surface area contributed by atoms with E-state index in [1.54, 1.807) is 0 Å². The number of benzene rings is 9. The smallest absolute Gasteiger partial charge is 0.0633 e. The largest absolute Gasteiger partial charge is 0.309 e. The first kappa shape index (κ1) is 30.4. The van der Waals surface area contributed by atoms with Gasteiger partial charge in [-0.1, -0.05) is 158 Å². The number of hydrogen-bond acceptors (Lipinski definition) is 2. The molecule has 0 aliphatic heterocycles. The number of fused-ring (bicyclic) bond motifs is 5. The van der Waals surface area contributed by atoms with Crippen LogP contribution in [0.5, 0.6) is 0 Å². The van der Waals surface area contributed by atoms with E-state index in [0.717, 1.165) is 11.4 Å². The Morgan fingerprint density at radius 2 is 0.808 bits per heavy atom. The Balaban J connectivity index is 1.19. The van der Waals surface area contributed by atoms with Gasteiger partial charge < -0.3 is 4.90 Å². The molecule has 0 saturated heterocycles. The molecule has 0 saturated carbocycles. The summed E-state index contributed by atoms with van der Waals surface area (Å²) in [6.45, 7) is 0. The summed E-state index contributed by atoms with van der Waals surface area (Å²) in [7, 11) is 0. The molecule has 0 spiro atoms. The van der Waals surface area contributed by atoms with Crippen LogP contribution in [0.2, 0.25) is 0 Å². The molecule has 0 aliphatic rings. The van der Waals surface area contributed by atoms with Crippen molar-refractivity contribution in [2.75, 3.05) is 4.90 Å². The minimum atomic E-state index is 1.12. The lowest BCUT2D eigenvalue weighted by atomic mass is 9.98. The van der Waals surface area contributed by atoms with Crippen molar-refractivity contribution in [2.45, 2.75) is 0 Å².